The van der Waals surface area contributed by atoms with E-state index in [0.717, 1.165) is 5.75 Å². The van der Waals surface area contributed by atoms with Gasteiger partial charge in [-0.05, 0) is 12.1 Å². The second kappa shape index (κ2) is 8.10. The fourth-order valence-corrected chi connectivity index (χ4v) is 1.91. The Balaban J connectivity index is 0.000000861. The molecule has 1 aliphatic rings. The van der Waals surface area contributed by atoms with Gasteiger partial charge in [0.25, 0.3) is 5.92 Å². The summed E-state index contributed by atoms with van der Waals surface area (Å²) in [7, 11) is 0. The Bertz CT molecular complexity index is 333. The van der Waals surface area contributed by atoms with Crippen molar-refractivity contribution in [1.29, 1.82) is 0 Å². The molecule has 0 saturated carbocycles. The first-order valence-electron chi connectivity index (χ1n) is 6.94. The molecule has 1 heterocycles. The molecule has 1 aromatic rings. The number of para-hydroxylation sites is 1. The van der Waals surface area contributed by atoms with E-state index in [0.29, 0.717) is 26.2 Å². The van der Waals surface area contributed by atoms with Gasteiger partial charge in [-0.2, -0.15) is 0 Å². The Morgan fingerprint density at radius 3 is 2.26 bits per heavy atom. The number of benzene rings is 1. The summed E-state index contributed by atoms with van der Waals surface area (Å²) in [5, 5.41) is 0. The van der Waals surface area contributed by atoms with Crippen LogP contribution >= 0.6 is 0 Å². The van der Waals surface area contributed by atoms with E-state index in [9.17, 15) is 8.78 Å². The summed E-state index contributed by atoms with van der Waals surface area (Å²) < 4.78 is 31.3. The van der Waals surface area contributed by atoms with Gasteiger partial charge in [0, 0.05) is 32.5 Å². The zero-order valence-electron chi connectivity index (χ0n) is 11.7. The Morgan fingerprint density at radius 1 is 1.11 bits per heavy atom. The molecule has 0 aromatic heterocycles. The minimum Gasteiger partial charge on any atom is -0.492 e. The molecule has 2 rings (SSSR count). The molecule has 0 N–H and O–H groups in total. The number of halogens is 2. The molecule has 0 atom stereocenters. The second-order valence-corrected chi connectivity index (χ2v) is 4.36. The summed E-state index contributed by atoms with van der Waals surface area (Å²) in [6.45, 7) is 6.19. The van der Waals surface area contributed by atoms with E-state index >= 15 is 0 Å². The summed E-state index contributed by atoms with van der Waals surface area (Å²) in [5.74, 6) is -1.63. The maximum absolute atomic E-state index is 12.9. The fraction of sp³-hybridized carbons (Fsp3) is 0.600. The average molecular weight is 271 g/mol. The molecule has 108 valence electrons. The number of hydrogen-bond donors (Lipinski definition) is 0. The quantitative estimate of drug-likeness (QED) is 0.825. The topological polar surface area (TPSA) is 12.5 Å². The largest absolute Gasteiger partial charge is 0.492 e. The molecule has 1 fully saturated rings. The van der Waals surface area contributed by atoms with Crippen LogP contribution in [0.3, 0.4) is 0 Å². The van der Waals surface area contributed by atoms with Crippen molar-refractivity contribution in [3.05, 3.63) is 30.3 Å². The standard InChI is InChI=1S/C13H17F2NO.C2H6/c14-13(15)6-8-16(9-7-13)10-11-17-12-4-2-1-3-5-12;1-2/h1-5H,6-11H2;1-2H3. The van der Waals surface area contributed by atoms with Gasteiger partial charge in [-0.1, -0.05) is 32.0 Å². The van der Waals surface area contributed by atoms with E-state index < -0.39 is 5.92 Å². The van der Waals surface area contributed by atoms with Crippen molar-refractivity contribution in [2.75, 3.05) is 26.2 Å². The van der Waals surface area contributed by atoms with Crippen LogP contribution in [0.1, 0.15) is 26.7 Å². The Kier molecular flexibility index (Phi) is 6.78. The van der Waals surface area contributed by atoms with Crippen LogP contribution in [0.4, 0.5) is 8.78 Å². The number of rotatable bonds is 4. The van der Waals surface area contributed by atoms with Crippen molar-refractivity contribution >= 4 is 0 Å². The van der Waals surface area contributed by atoms with Crippen LogP contribution in [-0.2, 0) is 0 Å². The third-order valence-corrected chi connectivity index (χ3v) is 3.01. The van der Waals surface area contributed by atoms with Gasteiger partial charge in [-0.25, -0.2) is 8.78 Å². The second-order valence-electron chi connectivity index (χ2n) is 4.36. The van der Waals surface area contributed by atoms with Gasteiger partial charge < -0.3 is 4.74 Å². The van der Waals surface area contributed by atoms with Crippen molar-refractivity contribution in [2.24, 2.45) is 0 Å². The highest BCUT2D eigenvalue weighted by atomic mass is 19.3. The van der Waals surface area contributed by atoms with Crippen LogP contribution in [0.15, 0.2) is 30.3 Å². The monoisotopic (exact) mass is 271 g/mol. The van der Waals surface area contributed by atoms with Crippen molar-refractivity contribution in [2.45, 2.75) is 32.6 Å². The predicted molar refractivity (Wildman–Crippen MR) is 73.9 cm³/mol. The van der Waals surface area contributed by atoms with Crippen molar-refractivity contribution in [3.8, 4) is 5.75 Å². The Labute approximate surface area is 114 Å². The zero-order chi connectivity index (χ0) is 14.1. The SMILES string of the molecule is CC.FC1(F)CCN(CCOc2ccccc2)CC1. The third kappa shape index (κ3) is 6.01. The summed E-state index contributed by atoms with van der Waals surface area (Å²) >= 11 is 0. The number of ether oxygens (including phenoxy) is 1. The van der Waals surface area contributed by atoms with E-state index in [1.807, 2.05) is 49.1 Å². The zero-order valence-corrected chi connectivity index (χ0v) is 11.7. The van der Waals surface area contributed by atoms with Crippen LogP contribution in [0.2, 0.25) is 0 Å². The summed E-state index contributed by atoms with van der Waals surface area (Å²) in [6.07, 6.45) is -0.0589. The molecule has 0 unspecified atom stereocenters. The van der Waals surface area contributed by atoms with Gasteiger partial charge in [-0.3, -0.25) is 4.90 Å². The van der Waals surface area contributed by atoms with Gasteiger partial charge in [0.05, 0.1) is 0 Å². The van der Waals surface area contributed by atoms with Crippen molar-refractivity contribution in [1.82, 2.24) is 4.90 Å². The predicted octanol–water partition coefficient (Wildman–Crippen LogP) is 3.82. The lowest BCUT2D eigenvalue weighted by Crippen LogP contribution is -2.41. The molecular weight excluding hydrogens is 248 g/mol. The van der Waals surface area contributed by atoms with Gasteiger partial charge >= 0.3 is 0 Å². The molecular formula is C15H23F2NO. The lowest BCUT2D eigenvalue weighted by Gasteiger charge is -2.31. The minimum absolute atomic E-state index is 0.0294. The van der Waals surface area contributed by atoms with E-state index in [-0.39, 0.29) is 12.8 Å². The van der Waals surface area contributed by atoms with Crippen molar-refractivity contribution < 1.29 is 13.5 Å². The number of piperidine rings is 1. The molecule has 4 heteroatoms. The van der Waals surface area contributed by atoms with Crippen LogP contribution in [0.5, 0.6) is 5.75 Å². The lowest BCUT2D eigenvalue weighted by atomic mass is 10.1. The lowest BCUT2D eigenvalue weighted by molar-refractivity contribution is -0.0564. The number of hydrogen-bond acceptors (Lipinski definition) is 2. The molecule has 0 aliphatic carbocycles. The van der Waals surface area contributed by atoms with E-state index in [2.05, 4.69) is 0 Å². The minimum atomic E-state index is -2.46. The van der Waals surface area contributed by atoms with Crippen molar-refractivity contribution in [3.63, 3.8) is 0 Å². The molecule has 1 saturated heterocycles. The van der Waals surface area contributed by atoms with Crippen LogP contribution in [0, 0.1) is 0 Å². The molecule has 0 spiro atoms. The molecule has 1 aromatic carbocycles. The first-order valence-corrected chi connectivity index (χ1v) is 6.94. The summed E-state index contributed by atoms with van der Waals surface area (Å²) in [4.78, 5) is 2.03. The molecule has 0 radical (unpaired) electrons. The Morgan fingerprint density at radius 2 is 1.68 bits per heavy atom. The highest BCUT2D eigenvalue weighted by Gasteiger charge is 2.33. The summed E-state index contributed by atoms with van der Waals surface area (Å²) in [6, 6.07) is 9.54. The smallest absolute Gasteiger partial charge is 0.250 e. The molecule has 0 bridgehead atoms. The van der Waals surface area contributed by atoms with Gasteiger partial charge in [0.2, 0.25) is 0 Å². The fourth-order valence-electron chi connectivity index (χ4n) is 1.91. The maximum atomic E-state index is 12.9. The number of likely N-dealkylation sites (tertiary alicyclic amines) is 1. The van der Waals surface area contributed by atoms with Gasteiger partial charge in [0.15, 0.2) is 0 Å². The third-order valence-electron chi connectivity index (χ3n) is 3.01. The highest BCUT2D eigenvalue weighted by Crippen LogP contribution is 2.27. The van der Waals surface area contributed by atoms with E-state index in [4.69, 9.17) is 4.74 Å². The number of alkyl halides is 2. The average Bonchev–Trinajstić information content (AvgIpc) is 2.44. The first kappa shape index (κ1) is 15.9. The van der Waals surface area contributed by atoms with Gasteiger partial charge in [-0.15, -0.1) is 0 Å². The summed E-state index contributed by atoms with van der Waals surface area (Å²) in [5.41, 5.74) is 0. The molecule has 1 aliphatic heterocycles. The number of nitrogens with zero attached hydrogens (tertiary/aromatic N) is 1. The molecule has 19 heavy (non-hydrogen) atoms. The van der Waals surface area contributed by atoms with Crippen LogP contribution < -0.4 is 4.74 Å². The maximum Gasteiger partial charge on any atom is 0.250 e. The van der Waals surface area contributed by atoms with E-state index in [1.54, 1.807) is 0 Å². The van der Waals surface area contributed by atoms with Crippen LogP contribution in [-0.4, -0.2) is 37.1 Å². The van der Waals surface area contributed by atoms with E-state index in [1.165, 1.54) is 0 Å². The highest BCUT2D eigenvalue weighted by molar-refractivity contribution is 5.20. The first-order chi connectivity index (χ1) is 9.16. The van der Waals surface area contributed by atoms with Crippen LogP contribution in [0.25, 0.3) is 0 Å². The van der Waals surface area contributed by atoms with Gasteiger partial charge in [0.1, 0.15) is 12.4 Å². The normalized spacial score (nSPS) is 18.3. The molecule has 0 amide bonds. The molecule has 2 nitrogen and oxygen atoms in total. The Hall–Kier alpha value is -1.16.